The van der Waals surface area contributed by atoms with Crippen LogP contribution in [-0.2, 0) is 4.74 Å². The average molecular weight is 224 g/mol. The minimum atomic E-state index is -0.462. The van der Waals surface area contributed by atoms with Crippen LogP contribution in [0.5, 0.6) is 0 Å². The quantitative estimate of drug-likeness (QED) is 0.740. The summed E-state index contributed by atoms with van der Waals surface area (Å²) in [5.74, 6) is -0.462. The number of methoxy groups -OCH3 is 1. The zero-order valence-corrected chi connectivity index (χ0v) is 9.30. The van der Waals surface area contributed by atoms with Crippen LogP contribution in [0.25, 0.3) is 0 Å². The number of rotatable bonds is 2. The van der Waals surface area contributed by atoms with Gasteiger partial charge in [-0.25, -0.2) is 9.48 Å². The monoisotopic (exact) mass is 224 g/mol. The van der Waals surface area contributed by atoms with Gasteiger partial charge in [0, 0.05) is 6.04 Å². The second-order valence-corrected chi connectivity index (χ2v) is 4.09. The lowest BCUT2D eigenvalue weighted by Gasteiger charge is -2.28. The highest BCUT2D eigenvalue weighted by atomic mass is 16.5. The molecule has 2 N–H and O–H groups in total. The lowest BCUT2D eigenvalue weighted by Crippen LogP contribution is -2.35. The van der Waals surface area contributed by atoms with Crippen LogP contribution in [0, 0.1) is 0 Å². The zero-order valence-electron chi connectivity index (χ0n) is 9.30. The summed E-state index contributed by atoms with van der Waals surface area (Å²) in [4.78, 5) is 11.2. The summed E-state index contributed by atoms with van der Waals surface area (Å²) in [6.45, 7) is 0. The smallest absolute Gasteiger partial charge is 0.360 e. The number of esters is 1. The van der Waals surface area contributed by atoms with Gasteiger partial charge in [-0.2, -0.15) is 0 Å². The summed E-state index contributed by atoms with van der Waals surface area (Å²) < 4.78 is 6.27. The van der Waals surface area contributed by atoms with Crippen molar-refractivity contribution in [1.82, 2.24) is 15.0 Å². The highest BCUT2D eigenvalue weighted by Crippen LogP contribution is 2.26. The Labute approximate surface area is 93.8 Å². The summed E-state index contributed by atoms with van der Waals surface area (Å²) in [5.41, 5.74) is 6.26. The summed E-state index contributed by atoms with van der Waals surface area (Å²) in [6.07, 6.45) is 5.91. The van der Waals surface area contributed by atoms with Gasteiger partial charge in [0.05, 0.1) is 19.3 Å². The molecular weight excluding hydrogens is 208 g/mol. The molecule has 1 saturated carbocycles. The fraction of sp³-hybridized carbons (Fsp3) is 0.700. The molecule has 1 fully saturated rings. The largest absolute Gasteiger partial charge is 0.464 e. The van der Waals surface area contributed by atoms with E-state index in [2.05, 4.69) is 15.0 Å². The number of nitrogens with zero attached hydrogens (tertiary/aromatic N) is 3. The van der Waals surface area contributed by atoms with E-state index in [-0.39, 0.29) is 17.8 Å². The number of aromatic nitrogens is 3. The van der Waals surface area contributed by atoms with Gasteiger partial charge >= 0.3 is 5.97 Å². The second-order valence-electron chi connectivity index (χ2n) is 4.09. The van der Waals surface area contributed by atoms with Gasteiger partial charge in [0.2, 0.25) is 0 Å². The molecule has 1 aromatic rings. The molecule has 6 heteroatoms. The van der Waals surface area contributed by atoms with Crippen molar-refractivity contribution in [2.75, 3.05) is 7.11 Å². The normalized spacial score (nSPS) is 25.4. The third kappa shape index (κ3) is 2.06. The summed E-state index contributed by atoms with van der Waals surface area (Å²) >= 11 is 0. The Bertz CT molecular complexity index is 377. The van der Waals surface area contributed by atoms with E-state index in [4.69, 9.17) is 5.73 Å². The number of hydrogen-bond acceptors (Lipinski definition) is 5. The number of ether oxygens (including phenoxy) is 1. The predicted octanol–water partition coefficient (Wildman–Crippen LogP) is 0.507. The Hall–Kier alpha value is -1.43. The minimum absolute atomic E-state index is 0.0981. The first kappa shape index (κ1) is 11.1. The predicted molar refractivity (Wildman–Crippen MR) is 56.8 cm³/mol. The van der Waals surface area contributed by atoms with Gasteiger partial charge < -0.3 is 10.5 Å². The highest BCUT2D eigenvalue weighted by molar-refractivity contribution is 5.86. The van der Waals surface area contributed by atoms with Crippen LogP contribution >= 0.6 is 0 Å². The second kappa shape index (κ2) is 4.61. The first-order valence-electron chi connectivity index (χ1n) is 5.48. The molecule has 1 aliphatic rings. The van der Waals surface area contributed by atoms with E-state index in [9.17, 15) is 4.79 Å². The SMILES string of the molecule is COC(=O)c1cn([C@H]2CCCC[C@@H]2N)nn1. The van der Waals surface area contributed by atoms with Crippen molar-refractivity contribution < 1.29 is 9.53 Å². The van der Waals surface area contributed by atoms with E-state index in [0.717, 1.165) is 25.7 Å². The molecule has 0 radical (unpaired) electrons. The van der Waals surface area contributed by atoms with Crippen molar-refractivity contribution in [2.24, 2.45) is 5.73 Å². The standard InChI is InChI=1S/C10H16N4O2/c1-16-10(15)8-6-14(13-12-8)9-5-3-2-4-7(9)11/h6-7,9H,2-5,11H2,1H3/t7-,9-/m0/s1. The van der Waals surface area contributed by atoms with E-state index >= 15 is 0 Å². The molecule has 2 rings (SSSR count). The number of hydrogen-bond donors (Lipinski definition) is 1. The highest BCUT2D eigenvalue weighted by Gasteiger charge is 2.25. The van der Waals surface area contributed by atoms with Crippen molar-refractivity contribution in [3.05, 3.63) is 11.9 Å². The topological polar surface area (TPSA) is 83.0 Å². The summed E-state index contributed by atoms with van der Waals surface area (Å²) in [7, 11) is 1.33. The van der Waals surface area contributed by atoms with Crippen LogP contribution < -0.4 is 5.73 Å². The Balaban J connectivity index is 2.14. The third-order valence-corrected chi connectivity index (χ3v) is 3.03. The lowest BCUT2D eigenvalue weighted by molar-refractivity contribution is 0.0594. The van der Waals surface area contributed by atoms with Crippen LogP contribution in [0.3, 0.4) is 0 Å². The Morgan fingerprint density at radius 2 is 2.31 bits per heavy atom. The van der Waals surface area contributed by atoms with Crippen molar-refractivity contribution in [3.63, 3.8) is 0 Å². The van der Waals surface area contributed by atoms with Gasteiger partial charge in [-0.1, -0.05) is 18.1 Å². The van der Waals surface area contributed by atoms with E-state index in [1.54, 1.807) is 10.9 Å². The van der Waals surface area contributed by atoms with E-state index in [1.807, 2.05) is 0 Å². The number of carbonyl (C=O) groups is 1. The molecule has 0 amide bonds. The van der Waals surface area contributed by atoms with Crippen LogP contribution in [0.1, 0.15) is 42.2 Å². The fourth-order valence-electron chi connectivity index (χ4n) is 2.11. The van der Waals surface area contributed by atoms with Gasteiger partial charge in [-0.3, -0.25) is 0 Å². The Kier molecular flexibility index (Phi) is 3.19. The van der Waals surface area contributed by atoms with Crippen molar-refractivity contribution in [2.45, 2.75) is 37.8 Å². The van der Waals surface area contributed by atoms with Crippen LogP contribution in [0.15, 0.2) is 6.20 Å². The Morgan fingerprint density at radius 3 is 3.00 bits per heavy atom. The molecule has 88 valence electrons. The van der Waals surface area contributed by atoms with E-state index in [0.29, 0.717) is 0 Å². The van der Waals surface area contributed by atoms with Gasteiger partial charge in [0.25, 0.3) is 0 Å². The molecule has 0 spiro atoms. The lowest BCUT2D eigenvalue weighted by atomic mass is 9.91. The van der Waals surface area contributed by atoms with Gasteiger partial charge in [-0.15, -0.1) is 5.10 Å². The summed E-state index contributed by atoms with van der Waals surface area (Å²) in [6, 6.07) is 0.251. The molecule has 1 aromatic heterocycles. The molecule has 2 atom stereocenters. The van der Waals surface area contributed by atoms with Gasteiger partial charge in [0.1, 0.15) is 0 Å². The molecule has 1 heterocycles. The van der Waals surface area contributed by atoms with Crippen molar-refractivity contribution in [3.8, 4) is 0 Å². The molecule has 0 bridgehead atoms. The molecule has 1 aliphatic carbocycles. The molecule has 0 unspecified atom stereocenters. The van der Waals surface area contributed by atoms with Gasteiger partial charge in [-0.05, 0) is 12.8 Å². The minimum Gasteiger partial charge on any atom is -0.464 e. The average Bonchev–Trinajstić information content (AvgIpc) is 2.78. The number of nitrogens with two attached hydrogens (primary N) is 1. The molecule has 0 saturated heterocycles. The van der Waals surface area contributed by atoms with Crippen LogP contribution in [0.2, 0.25) is 0 Å². The first-order chi connectivity index (χ1) is 7.72. The maximum Gasteiger partial charge on any atom is 0.360 e. The van der Waals surface area contributed by atoms with Crippen LogP contribution in [0.4, 0.5) is 0 Å². The van der Waals surface area contributed by atoms with Crippen molar-refractivity contribution in [1.29, 1.82) is 0 Å². The zero-order chi connectivity index (χ0) is 11.5. The summed E-state index contributed by atoms with van der Waals surface area (Å²) in [5, 5.41) is 7.72. The van der Waals surface area contributed by atoms with Crippen molar-refractivity contribution >= 4 is 5.97 Å². The molecule has 6 nitrogen and oxygen atoms in total. The van der Waals surface area contributed by atoms with Crippen LogP contribution in [-0.4, -0.2) is 34.1 Å². The van der Waals surface area contributed by atoms with E-state index in [1.165, 1.54) is 7.11 Å². The van der Waals surface area contributed by atoms with Gasteiger partial charge in [0.15, 0.2) is 5.69 Å². The maximum atomic E-state index is 11.2. The Morgan fingerprint density at radius 1 is 1.56 bits per heavy atom. The third-order valence-electron chi connectivity index (χ3n) is 3.03. The first-order valence-corrected chi connectivity index (χ1v) is 5.48. The molecule has 0 aliphatic heterocycles. The fourth-order valence-corrected chi connectivity index (χ4v) is 2.11. The van der Waals surface area contributed by atoms with E-state index < -0.39 is 5.97 Å². The molecule has 0 aromatic carbocycles. The molecular formula is C10H16N4O2. The maximum absolute atomic E-state index is 11.2. The molecule has 16 heavy (non-hydrogen) atoms. The number of carbonyl (C=O) groups excluding carboxylic acids is 1.